The molecular formula is C16H23BrN2. The quantitative estimate of drug-likeness (QED) is 0.776. The third kappa shape index (κ3) is 3.61. The smallest absolute Gasteiger partial charge is 0.0492 e. The second kappa shape index (κ2) is 6.10. The molecule has 0 atom stereocenters. The number of benzene rings is 1. The molecule has 0 spiro atoms. The van der Waals surface area contributed by atoms with Crippen molar-refractivity contribution in [3.8, 4) is 0 Å². The summed E-state index contributed by atoms with van der Waals surface area (Å²) in [7, 11) is 0. The van der Waals surface area contributed by atoms with Gasteiger partial charge in [-0.3, -0.25) is 0 Å². The van der Waals surface area contributed by atoms with Crippen LogP contribution >= 0.6 is 15.9 Å². The monoisotopic (exact) mass is 322 g/mol. The Balaban J connectivity index is 1.95. The van der Waals surface area contributed by atoms with Crippen LogP contribution in [0.1, 0.15) is 33.1 Å². The Labute approximate surface area is 124 Å². The lowest BCUT2D eigenvalue weighted by Crippen LogP contribution is -2.23. The fraction of sp³-hybridized carbons (Fsp3) is 0.500. The van der Waals surface area contributed by atoms with Crippen molar-refractivity contribution in [2.75, 3.05) is 6.54 Å². The third-order valence-electron chi connectivity index (χ3n) is 3.80. The molecule has 0 fully saturated rings. The van der Waals surface area contributed by atoms with Crippen LogP contribution in [0, 0.1) is 5.41 Å². The van der Waals surface area contributed by atoms with Crippen LogP contribution in [0.15, 0.2) is 34.9 Å². The number of fused-ring (bicyclic) bond motifs is 1. The van der Waals surface area contributed by atoms with E-state index in [1.54, 1.807) is 0 Å². The summed E-state index contributed by atoms with van der Waals surface area (Å²) < 4.78 is 3.53. The first-order valence-electron chi connectivity index (χ1n) is 6.97. The molecule has 0 saturated heterocycles. The van der Waals surface area contributed by atoms with Gasteiger partial charge in [-0.15, -0.1) is 0 Å². The molecule has 0 aliphatic rings. The number of hydrogen-bond acceptors (Lipinski definition) is 1. The van der Waals surface area contributed by atoms with Crippen molar-refractivity contribution in [2.45, 2.75) is 39.7 Å². The number of nitrogens with two attached hydrogens (primary N) is 1. The van der Waals surface area contributed by atoms with E-state index in [1.165, 1.54) is 34.6 Å². The summed E-state index contributed by atoms with van der Waals surface area (Å²) in [6.45, 7) is 6.33. The second-order valence-corrected chi connectivity index (χ2v) is 6.87. The Morgan fingerprint density at radius 3 is 2.68 bits per heavy atom. The van der Waals surface area contributed by atoms with Gasteiger partial charge < -0.3 is 10.3 Å². The molecule has 0 radical (unpaired) electrons. The van der Waals surface area contributed by atoms with E-state index in [0.717, 1.165) is 13.1 Å². The molecule has 104 valence electrons. The van der Waals surface area contributed by atoms with Gasteiger partial charge >= 0.3 is 0 Å². The normalized spacial score (nSPS) is 12.2. The summed E-state index contributed by atoms with van der Waals surface area (Å²) in [5.41, 5.74) is 7.36. The Morgan fingerprint density at radius 2 is 1.95 bits per heavy atom. The van der Waals surface area contributed by atoms with E-state index in [9.17, 15) is 0 Å². The van der Waals surface area contributed by atoms with Crippen molar-refractivity contribution in [3.05, 3.63) is 34.9 Å². The zero-order valence-corrected chi connectivity index (χ0v) is 13.4. The zero-order chi connectivity index (χ0) is 13.9. The van der Waals surface area contributed by atoms with Crippen LogP contribution in [0.25, 0.3) is 10.9 Å². The molecule has 1 aromatic carbocycles. The molecule has 2 rings (SSSR count). The number of rotatable bonds is 6. The Kier molecular flexibility index (Phi) is 4.69. The molecule has 0 aliphatic carbocycles. The number of halogens is 1. The molecule has 2 nitrogen and oxygen atoms in total. The van der Waals surface area contributed by atoms with Gasteiger partial charge in [0, 0.05) is 28.1 Å². The predicted molar refractivity (Wildman–Crippen MR) is 86.3 cm³/mol. The number of aryl methyl sites for hydroxylation is 1. The van der Waals surface area contributed by atoms with Crippen molar-refractivity contribution >= 4 is 26.8 Å². The van der Waals surface area contributed by atoms with E-state index in [4.69, 9.17) is 5.73 Å². The van der Waals surface area contributed by atoms with Crippen molar-refractivity contribution in [1.29, 1.82) is 0 Å². The zero-order valence-electron chi connectivity index (χ0n) is 11.8. The minimum atomic E-state index is 0.277. The van der Waals surface area contributed by atoms with Crippen LogP contribution in [0.4, 0.5) is 0 Å². The Hall–Kier alpha value is -0.800. The predicted octanol–water partition coefficient (Wildman–Crippen LogP) is 4.56. The third-order valence-corrected chi connectivity index (χ3v) is 4.43. The van der Waals surface area contributed by atoms with Gasteiger partial charge in [-0.1, -0.05) is 38.5 Å². The maximum absolute atomic E-state index is 5.77. The van der Waals surface area contributed by atoms with Crippen molar-refractivity contribution < 1.29 is 0 Å². The van der Waals surface area contributed by atoms with Gasteiger partial charge in [-0.05, 0) is 46.8 Å². The number of unbranched alkanes of at least 4 members (excludes halogenated alkanes) is 1. The molecule has 0 amide bonds. The topological polar surface area (TPSA) is 30.9 Å². The summed E-state index contributed by atoms with van der Waals surface area (Å²) >= 11 is 3.63. The summed E-state index contributed by atoms with van der Waals surface area (Å²) in [6, 6.07) is 8.53. The van der Waals surface area contributed by atoms with Gasteiger partial charge in [0.25, 0.3) is 0 Å². The number of aromatic nitrogens is 1. The van der Waals surface area contributed by atoms with E-state index in [1.807, 2.05) is 0 Å². The van der Waals surface area contributed by atoms with E-state index >= 15 is 0 Å². The average Bonchev–Trinajstić information content (AvgIpc) is 2.72. The van der Waals surface area contributed by atoms with Crippen LogP contribution in [0.3, 0.4) is 0 Å². The highest BCUT2D eigenvalue weighted by Crippen LogP contribution is 2.27. The minimum absolute atomic E-state index is 0.277. The molecule has 3 heteroatoms. The SMILES string of the molecule is CC(C)(CN)CCCCn1cc(Br)c2ccccc21. The number of hydrogen-bond donors (Lipinski definition) is 1. The summed E-state index contributed by atoms with van der Waals surface area (Å²) in [6.07, 6.45) is 5.82. The number of para-hydroxylation sites is 1. The van der Waals surface area contributed by atoms with Gasteiger partial charge in [0.05, 0.1) is 0 Å². The summed E-state index contributed by atoms with van der Waals surface area (Å²) in [4.78, 5) is 0. The molecule has 1 aromatic heterocycles. The highest BCUT2D eigenvalue weighted by atomic mass is 79.9. The highest BCUT2D eigenvalue weighted by molar-refractivity contribution is 9.10. The number of nitrogens with zero attached hydrogens (tertiary/aromatic N) is 1. The van der Waals surface area contributed by atoms with Crippen molar-refractivity contribution in [3.63, 3.8) is 0 Å². The molecule has 0 aliphatic heterocycles. The van der Waals surface area contributed by atoms with Crippen LogP contribution in [0.2, 0.25) is 0 Å². The van der Waals surface area contributed by atoms with E-state index in [-0.39, 0.29) is 5.41 Å². The van der Waals surface area contributed by atoms with Gasteiger partial charge in [-0.25, -0.2) is 0 Å². The molecule has 2 N–H and O–H groups in total. The lowest BCUT2D eigenvalue weighted by Gasteiger charge is -2.21. The van der Waals surface area contributed by atoms with Crippen molar-refractivity contribution in [2.24, 2.45) is 11.1 Å². The minimum Gasteiger partial charge on any atom is -0.346 e. The fourth-order valence-electron chi connectivity index (χ4n) is 2.37. The van der Waals surface area contributed by atoms with Gasteiger partial charge in [0.2, 0.25) is 0 Å². The van der Waals surface area contributed by atoms with E-state index < -0.39 is 0 Å². The fourth-order valence-corrected chi connectivity index (χ4v) is 2.96. The van der Waals surface area contributed by atoms with Gasteiger partial charge in [0.15, 0.2) is 0 Å². The van der Waals surface area contributed by atoms with Gasteiger partial charge in [-0.2, -0.15) is 0 Å². The molecule has 0 unspecified atom stereocenters. The van der Waals surface area contributed by atoms with E-state index in [2.05, 4.69) is 64.8 Å². The first-order valence-corrected chi connectivity index (χ1v) is 7.76. The van der Waals surface area contributed by atoms with Crippen LogP contribution < -0.4 is 5.73 Å². The van der Waals surface area contributed by atoms with Crippen LogP contribution in [0.5, 0.6) is 0 Å². The van der Waals surface area contributed by atoms with Crippen LogP contribution in [-0.2, 0) is 6.54 Å². The van der Waals surface area contributed by atoms with Crippen molar-refractivity contribution in [1.82, 2.24) is 4.57 Å². The Bertz CT molecular complexity index is 543. The second-order valence-electron chi connectivity index (χ2n) is 6.01. The standard InChI is InChI=1S/C16H23BrN2/c1-16(2,12-18)9-5-6-10-19-11-14(17)13-7-3-4-8-15(13)19/h3-4,7-8,11H,5-6,9-10,12,18H2,1-2H3. The first-order chi connectivity index (χ1) is 9.03. The maximum Gasteiger partial charge on any atom is 0.0492 e. The lowest BCUT2D eigenvalue weighted by atomic mass is 9.87. The molecule has 19 heavy (non-hydrogen) atoms. The molecular weight excluding hydrogens is 300 g/mol. The average molecular weight is 323 g/mol. The lowest BCUT2D eigenvalue weighted by molar-refractivity contribution is 0.329. The maximum atomic E-state index is 5.77. The highest BCUT2D eigenvalue weighted by Gasteiger charge is 2.14. The largest absolute Gasteiger partial charge is 0.346 e. The summed E-state index contributed by atoms with van der Waals surface area (Å²) in [5, 5.41) is 1.30. The molecule has 2 aromatic rings. The molecule has 0 saturated carbocycles. The first kappa shape index (κ1) is 14.6. The Morgan fingerprint density at radius 1 is 1.21 bits per heavy atom. The van der Waals surface area contributed by atoms with E-state index in [0.29, 0.717) is 0 Å². The molecule has 1 heterocycles. The van der Waals surface area contributed by atoms with Crippen LogP contribution in [-0.4, -0.2) is 11.1 Å². The summed E-state index contributed by atoms with van der Waals surface area (Å²) in [5.74, 6) is 0. The molecule has 0 bridgehead atoms. The van der Waals surface area contributed by atoms with Gasteiger partial charge in [0.1, 0.15) is 0 Å².